The molecular formula is C24H27NO8. The minimum absolute atomic E-state index is 0.0583. The number of carboxylic acid groups (broad SMARTS) is 1. The van der Waals surface area contributed by atoms with Gasteiger partial charge in [-0.05, 0) is 62.1 Å². The minimum atomic E-state index is -1.48. The third-order valence-electron chi connectivity index (χ3n) is 8.58. The standard InChI is InChI=1S/C24H27NO8/c1-22(7-6-17(28)25(32)18-14(26)4-3-13(19(18)29)21(30)31)16(27)5-8-24-10-12-9-15(20(22)24)33-23(12,2)11-24/h3-5,8,12,15,20,26,29,32H,6-7,9-11H2,1-2H3,(H,30,31)/t12-,15+,20+,22-,23+,24+/m1/s1. The van der Waals surface area contributed by atoms with E-state index in [2.05, 4.69) is 6.92 Å². The van der Waals surface area contributed by atoms with Crippen molar-refractivity contribution in [2.45, 2.75) is 57.7 Å². The van der Waals surface area contributed by atoms with Gasteiger partial charge < -0.3 is 20.1 Å². The molecule has 4 N–H and O–H groups in total. The van der Waals surface area contributed by atoms with Crippen LogP contribution in [0.2, 0.25) is 0 Å². The number of phenols is 2. The van der Waals surface area contributed by atoms with Crippen molar-refractivity contribution in [3.05, 3.63) is 29.8 Å². The quantitative estimate of drug-likeness (QED) is 0.390. The van der Waals surface area contributed by atoms with Gasteiger partial charge in [-0.25, -0.2) is 4.79 Å². The van der Waals surface area contributed by atoms with E-state index in [1.165, 1.54) is 0 Å². The molecule has 2 heterocycles. The van der Waals surface area contributed by atoms with Crippen LogP contribution in [0.25, 0.3) is 0 Å². The number of ketones is 1. The second-order valence-corrected chi connectivity index (χ2v) is 10.4. The first-order valence-electron chi connectivity index (χ1n) is 11.1. The first-order valence-corrected chi connectivity index (χ1v) is 11.1. The summed E-state index contributed by atoms with van der Waals surface area (Å²) in [6.45, 7) is 3.99. The van der Waals surface area contributed by atoms with Crippen molar-refractivity contribution in [3.63, 3.8) is 0 Å². The average molecular weight is 457 g/mol. The summed E-state index contributed by atoms with van der Waals surface area (Å²) in [5, 5.41) is 39.8. The number of aromatic carboxylic acids is 1. The number of carboxylic acids is 1. The molecule has 4 fully saturated rings. The van der Waals surface area contributed by atoms with Crippen molar-refractivity contribution in [2.75, 3.05) is 5.06 Å². The van der Waals surface area contributed by atoms with E-state index >= 15 is 0 Å². The number of anilines is 1. The lowest BCUT2D eigenvalue weighted by atomic mass is 9.51. The molecule has 3 aliphatic carbocycles. The highest BCUT2D eigenvalue weighted by atomic mass is 16.5. The van der Waals surface area contributed by atoms with Crippen molar-refractivity contribution in [2.24, 2.45) is 22.7 Å². The number of carbonyl (C=O) groups excluding carboxylic acids is 2. The van der Waals surface area contributed by atoms with Gasteiger partial charge in [-0.3, -0.25) is 14.8 Å². The Labute approximate surface area is 190 Å². The molecule has 6 rings (SSSR count). The molecule has 9 heteroatoms. The van der Waals surface area contributed by atoms with Crippen LogP contribution >= 0.6 is 0 Å². The average Bonchev–Trinajstić information content (AvgIpc) is 3.10. The van der Waals surface area contributed by atoms with Crippen LogP contribution < -0.4 is 5.06 Å². The summed E-state index contributed by atoms with van der Waals surface area (Å²) < 4.78 is 6.38. The highest BCUT2D eigenvalue weighted by molar-refractivity contribution is 6.00. The lowest BCUT2D eigenvalue weighted by molar-refractivity contribution is -0.169. The first-order chi connectivity index (χ1) is 15.4. The van der Waals surface area contributed by atoms with E-state index in [1.54, 1.807) is 6.08 Å². The van der Waals surface area contributed by atoms with Gasteiger partial charge in [0.15, 0.2) is 17.2 Å². The highest BCUT2D eigenvalue weighted by Gasteiger charge is 2.71. The number of hydroxylamine groups is 1. The van der Waals surface area contributed by atoms with Gasteiger partial charge in [-0.15, -0.1) is 0 Å². The second kappa shape index (κ2) is 6.80. The highest BCUT2D eigenvalue weighted by Crippen LogP contribution is 2.71. The van der Waals surface area contributed by atoms with E-state index in [1.807, 2.05) is 13.0 Å². The Kier molecular flexibility index (Phi) is 4.52. The molecular weight excluding hydrogens is 430 g/mol. The fourth-order valence-electron chi connectivity index (χ4n) is 7.19. The molecule has 2 aliphatic heterocycles. The Morgan fingerprint density at radius 1 is 1.24 bits per heavy atom. The summed E-state index contributed by atoms with van der Waals surface area (Å²) in [7, 11) is 0. The summed E-state index contributed by atoms with van der Waals surface area (Å²) in [5.41, 5.74) is -2.46. The number of allylic oxidation sites excluding steroid dienone is 2. The fraction of sp³-hybridized carbons (Fsp3) is 0.542. The molecule has 1 aromatic rings. The molecule has 4 bridgehead atoms. The van der Waals surface area contributed by atoms with E-state index in [9.17, 15) is 29.8 Å². The molecule has 1 aromatic carbocycles. The molecule has 6 atom stereocenters. The molecule has 33 heavy (non-hydrogen) atoms. The topological polar surface area (TPSA) is 145 Å². The molecule has 1 amide bonds. The fourth-order valence-corrected chi connectivity index (χ4v) is 7.19. The SMILES string of the molecule is C[C@]12C[C@@]34C=CC(=O)[C@@](C)(CCC(=O)N(O)c5c(O)ccc(C(=O)O)c5O)[C@@H]3[C@H](C[C@@H]1C4)O2. The van der Waals surface area contributed by atoms with Crippen LogP contribution in [0.5, 0.6) is 11.5 Å². The summed E-state index contributed by atoms with van der Waals surface area (Å²) in [5.74, 6) is -3.63. The number of hydrogen-bond donors (Lipinski definition) is 4. The zero-order valence-corrected chi connectivity index (χ0v) is 18.4. The van der Waals surface area contributed by atoms with E-state index in [0.29, 0.717) is 5.92 Å². The van der Waals surface area contributed by atoms with Gasteiger partial charge in [0.25, 0.3) is 5.91 Å². The maximum absolute atomic E-state index is 13.1. The number of ether oxygens (including phenoxy) is 1. The third kappa shape index (κ3) is 2.88. The maximum Gasteiger partial charge on any atom is 0.339 e. The number of aromatic hydroxyl groups is 2. The zero-order valence-electron chi connectivity index (χ0n) is 18.4. The second-order valence-electron chi connectivity index (χ2n) is 10.4. The van der Waals surface area contributed by atoms with Gasteiger partial charge in [-0.1, -0.05) is 13.0 Å². The van der Waals surface area contributed by atoms with Crippen LogP contribution in [0.1, 0.15) is 56.3 Å². The molecule has 0 unspecified atom stereocenters. The van der Waals surface area contributed by atoms with E-state index in [4.69, 9.17) is 9.84 Å². The Bertz CT molecular complexity index is 1110. The van der Waals surface area contributed by atoms with Crippen molar-refractivity contribution in [1.82, 2.24) is 0 Å². The van der Waals surface area contributed by atoms with E-state index in [0.717, 1.165) is 31.4 Å². The summed E-state index contributed by atoms with van der Waals surface area (Å²) in [4.78, 5) is 37.2. The van der Waals surface area contributed by atoms with Crippen LogP contribution in [0.4, 0.5) is 5.69 Å². The van der Waals surface area contributed by atoms with Gasteiger partial charge in [0.2, 0.25) is 0 Å². The summed E-state index contributed by atoms with van der Waals surface area (Å²) >= 11 is 0. The molecule has 0 aromatic heterocycles. The van der Waals surface area contributed by atoms with Gasteiger partial charge in [0, 0.05) is 17.8 Å². The molecule has 5 aliphatic rings. The largest absolute Gasteiger partial charge is 0.506 e. The van der Waals surface area contributed by atoms with Gasteiger partial charge in [0.05, 0.1) is 11.7 Å². The monoisotopic (exact) mass is 457 g/mol. The van der Waals surface area contributed by atoms with Crippen LogP contribution in [-0.4, -0.2) is 49.9 Å². The zero-order chi connectivity index (χ0) is 23.9. The van der Waals surface area contributed by atoms with Crippen molar-refractivity contribution in [3.8, 4) is 11.5 Å². The lowest BCUT2D eigenvalue weighted by Gasteiger charge is -2.55. The number of rotatable bonds is 5. The van der Waals surface area contributed by atoms with Crippen LogP contribution in [-0.2, 0) is 14.3 Å². The van der Waals surface area contributed by atoms with Gasteiger partial charge in [0.1, 0.15) is 11.3 Å². The molecule has 0 radical (unpaired) electrons. The van der Waals surface area contributed by atoms with Crippen molar-refractivity contribution >= 4 is 23.3 Å². The number of phenolic OH excluding ortho intramolecular Hbond substituents is 1. The number of benzene rings is 1. The number of carbonyl (C=O) groups is 3. The number of hydrogen-bond acceptors (Lipinski definition) is 7. The van der Waals surface area contributed by atoms with Crippen molar-refractivity contribution < 1.29 is 39.6 Å². The number of amides is 1. The number of nitrogens with zero attached hydrogens (tertiary/aromatic N) is 1. The normalized spacial score (nSPS) is 37.9. The van der Waals surface area contributed by atoms with E-state index in [-0.39, 0.29) is 46.7 Å². The predicted molar refractivity (Wildman–Crippen MR) is 114 cm³/mol. The molecule has 176 valence electrons. The van der Waals surface area contributed by atoms with Crippen molar-refractivity contribution in [1.29, 1.82) is 0 Å². The lowest BCUT2D eigenvalue weighted by Crippen LogP contribution is -2.56. The Morgan fingerprint density at radius 3 is 2.64 bits per heavy atom. The first kappa shape index (κ1) is 21.9. The van der Waals surface area contributed by atoms with E-state index < -0.39 is 40.0 Å². The molecule has 2 saturated carbocycles. The summed E-state index contributed by atoms with van der Waals surface area (Å²) in [6.07, 6.45) is 6.18. The predicted octanol–water partition coefficient (Wildman–Crippen LogP) is 3.02. The molecule has 1 spiro atoms. The Hall–Kier alpha value is -2.91. The smallest absolute Gasteiger partial charge is 0.339 e. The maximum atomic E-state index is 13.1. The van der Waals surface area contributed by atoms with Crippen LogP contribution in [0, 0.1) is 22.7 Å². The van der Waals surface area contributed by atoms with Gasteiger partial charge >= 0.3 is 5.97 Å². The molecule has 9 nitrogen and oxygen atoms in total. The van der Waals surface area contributed by atoms with Crippen LogP contribution in [0.15, 0.2) is 24.3 Å². The summed E-state index contributed by atoms with van der Waals surface area (Å²) in [6, 6.07) is 1.94. The third-order valence-corrected chi connectivity index (χ3v) is 8.58. The Balaban J connectivity index is 1.39. The Morgan fingerprint density at radius 2 is 1.97 bits per heavy atom. The van der Waals surface area contributed by atoms with Gasteiger partial charge in [-0.2, -0.15) is 5.06 Å². The molecule has 2 saturated heterocycles. The minimum Gasteiger partial charge on any atom is -0.506 e. The van der Waals surface area contributed by atoms with Crippen LogP contribution in [0.3, 0.4) is 0 Å².